The van der Waals surface area contributed by atoms with Crippen LogP contribution >= 0.6 is 11.3 Å². The van der Waals surface area contributed by atoms with Crippen LogP contribution in [0.5, 0.6) is 23.0 Å². The summed E-state index contributed by atoms with van der Waals surface area (Å²) in [5.74, 6) is 3.15. The molecule has 9 nitrogen and oxygen atoms in total. The molecule has 1 atom stereocenters. The summed E-state index contributed by atoms with van der Waals surface area (Å²) in [6.07, 6.45) is 0. The molecule has 0 fully saturated rings. The number of anilines is 3. The largest absolute Gasteiger partial charge is 0.493 e. The summed E-state index contributed by atoms with van der Waals surface area (Å²) < 4.78 is 28.2. The Morgan fingerprint density at radius 2 is 1.74 bits per heavy atom. The van der Waals surface area contributed by atoms with Crippen LogP contribution in [-0.4, -0.2) is 38.8 Å². The molecule has 196 valence electrons. The molecule has 2 heterocycles. The smallest absolute Gasteiger partial charge is 0.231 e. The summed E-state index contributed by atoms with van der Waals surface area (Å²) >= 11 is 1.35. The minimum absolute atomic E-state index is 0.168. The molecule has 1 aliphatic heterocycles. The lowest BCUT2D eigenvalue weighted by Gasteiger charge is -2.14. The van der Waals surface area contributed by atoms with Crippen LogP contribution in [0.1, 0.15) is 22.0 Å². The molecular weight excluding hydrogens is 504 g/mol. The number of nitrogens with two attached hydrogens (primary N) is 1. The van der Waals surface area contributed by atoms with Crippen LogP contribution in [0.3, 0.4) is 0 Å². The van der Waals surface area contributed by atoms with Gasteiger partial charge in [0.25, 0.3) is 0 Å². The van der Waals surface area contributed by atoms with Gasteiger partial charge in [-0.1, -0.05) is 53.8 Å². The fraction of sp³-hybridized carbons (Fsp3) is 0.214. The lowest BCUT2D eigenvalue weighted by Crippen LogP contribution is -2.02. The van der Waals surface area contributed by atoms with Crippen molar-refractivity contribution >= 4 is 33.9 Å². The first-order valence-electron chi connectivity index (χ1n) is 11.9. The number of methoxy groups -OCH3 is 3. The van der Waals surface area contributed by atoms with E-state index in [1.165, 1.54) is 11.3 Å². The monoisotopic (exact) mass is 532 g/mol. The van der Waals surface area contributed by atoms with Gasteiger partial charge in [-0.2, -0.15) is 0 Å². The van der Waals surface area contributed by atoms with Crippen molar-refractivity contribution in [1.29, 1.82) is 0 Å². The molecule has 5 rings (SSSR count). The fourth-order valence-corrected chi connectivity index (χ4v) is 4.89. The summed E-state index contributed by atoms with van der Waals surface area (Å²) in [4.78, 5) is 9.92. The Balaban J connectivity index is 1.31. The van der Waals surface area contributed by atoms with Crippen LogP contribution in [-0.2, 0) is 11.3 Å². The number of nitrogen functional groups attached to an aromatic ring is 1. The van der Waals surface area contributed by atoms with E-state index in [0.717, 1.165) is 16.9 Å². The van der Waals surface area contributed by atoms with Crippen molar-refractivity contribution < 1.29 is 23.7 Å². The molecule has 4 aromatic rings. The van der Waals surface area contributed by atoms with Gasteiger partial charge in [0, 0.05) is 17.8 Å². The van der Waals surface area contributed by atoms with Crippen LogP contribution in [0.4, 0.5) is 16.6 Å². The molecular formula is C28H28N4O5S. The molecule has 3 aromatic carbocycles. The van der Waals surface area contributed by atoms with Crippen molar-refractivity contribution in [3.63, 3.8) is 0 Å². The Hall–Kier alpha value is -4.44. The Kier molecular flexibility index (Phi) is 7.50. The average molecular weight is 533 g/mol. The van der Waals surface area contributed by atoms with Gasteiger partial charge in [0.05, 0.1) is 21.3 Å². The standard InChI is InChI=1S/C28H28N4O5S/c1-33-22-13-19(14-23(34-2)24(22)35-3)30-28-32-26(29)25(38-28)27-31-21(16-37-27)18-10-7-11-20(12-18)36-15-17-8-5-4-6-9-17/h4-14,21H,15-16,29H2,1-3H3,(H,30,32)/t21-/m1/s1. The highest BCUT2D eigenvalue weighted by molar-refractivity contribution is 7.18. The predicted molar refractivity (Wildman–Crippen MR) is 148 cm³/mol. The molecule has 0 amide bonds. The van der Waals surface area contributed by atoms with E-state index in [9.17, 15) is 0 Å². The molecule has 0 unspecified atom stereocenters. The molecule has 0 aliphatic carbocycles. The van der Waals surface area contributed by atoms with Crippen molar-refractivity contribution in [1.82, 2.24) is 4.98 Å². The minimum atomic E-state index is -0.168. The third-order valence-corrected chi connectivity index (χ3v) is 6.88. The lowest BCUT2D eigenvalue weighted by molar-refractivity contribution is 0.303. The Labute approximate surface area is 224 Å². The average Bonchev–Trinajstić information content (AvgIpc) is 3.58. The van der Waals surface area contributed by atoms with E-state index in [1.54, 1.807) is 33.5 Å². The summed E-state index contributed by atoms with van der Waals surface area (Å²) in [7, 11) is 4.69. The van der Waals surface area contributed by atoms with Gasteiger partial charge in [-0.15, -0.1) is 0 Å². The summed E-state index contributed by atoms with van der Waals surface area (Å²) in [5.41, 5.74) is 9.07. The van der Waals surface area contributed by atoms with Gasteiger partial charge in [0.1, 0.15) is 35.7 Å². The molecule has 0 spiro atoms. The third kappa shape index (κ3) is 5.45. The second-order valence-corrected chi connectivity index (χ2v) is 9.38. The Morgan fingerprint density at radius 1 is 0.974 bits per heavy atom. The number of hydrogen-bond acceptors (Lipinski definition) is 10. The fourth-order valence-electron chi connectivity index (χ4n) is 4.04. The molecule has 0 saturated carbocycles. The highest BCUT2D eigenvalue weighted by atomic mass is 32.1. The second kappa shape index (κ2) is 11.3. The first kappa shape index (κ1) is 25.2. The van der Waals surface area contributed by atoms with E-state index in [0.29, 0.717) is 57.9 Å². The van der Waals surface area contributed by atoms with Crippen LogP contribution in [0.2, 0.25) is 0 Å². The molecule has 1 aromatic heterocycles. The van der Waals surface area contributed by atoms with Crippen molar-refractivity contribution in [3.05, 3.63) is 82.7 Å². The molecule has 3 N–H and O–H groups in total. The van der Waals surface area contributed by atoms with Crippen molar-refractivity contribution in [2.45, 2.75) is 12.6 Å². The first-order valence-corrected chi connectivity index (χ1v) is 12.7. The molecule has 0 bridgehead atoms. The van der Waals surface area contributed by atoms with E-state index < -0.39 is 0 Å². The Bertz CT molecular complexity index is 1420. The van der Waals surface area contributed by atoms with Gasteiger partial charge >= 0.3 is 0 Å². The van der Waals surface area contributed by atoms with Gasteiger partial charge < -0.3 is 34.7 Å². The molecule has 1 aliphatic rings. The molecule has 0 radical (unpaired) electrons. The predicted octanol–water partition coefficient (Wildman–Crippen LogP) is 5.59. The number of thiazole rings is 1. The number of rotatable bonds is 10. The van der Waals surface area contributed by atoms with E-state index in [-0.39, 0.29) is 6.04 Å². The van der Waals surface area contributed by atoms with Gasteiger partial charge in [-0.05, 0) is 23.3 Å². The van der Waals surface area contributed by atoms with Crippen molar-refractivity contribution in [2.24, 2.45) is 4.99 Å². The van der Waals surface area contributed by atoms with Gasteiger partial charge in [-0.3, -0.25) is 0 Å². The minimum Gasteiger partial charge on any atom is -0.493 e. The molecule has 38 heavy (non-hydrogen) atoms. The number of aliphatic imine (C=N–C) groups is 1. The lowest BCUT2D eigenvalue weighted by atomic mass is 10.1. The maximum Gasteiger partial charge on any atom is 0.231 e. The maximum absolute atomic E-state index is 6.24. The zero-order valence-corrected chi connectivity index (χ0v) is 22.1. The zero-order valence-electron chi connectivity index (χ0n) is 21.3. The normalized spacial score (nSPS) is 14.4. The number of benzene rings is 3. The van der Waals surface area contributed by atoms with Crippen LogP contribution in [0.25, 0.3) is 0 Å². The number of nitrogens with one attached hydrogen (secondary N) is 1. The molecule has 10 heteroatoms. The SMILES string of the molecule is COc1cc(Nc2nc(N)c(C3=N[C@@H](c4cccc(OCc5ccccc5)c4)CO3)s2)cc(OC)c1OC. The Morgan fingerprint density at radius 3 is 2.45 bits per heavy atom. The molecule has 0 saturated heterocycles. The number of aromatic nitrogens is 1. The third-order valence-electron chi connectivity index (χ3n) is 5.91. The van der Waals surface area contributed by atoms with Crippen LogP contribution in [0.15, 0.2) is 71.7 Å². The highest BCUT2D eigenvalue weighted by Crippen LogP contribution is 2.41. The topological polar surface area (TPSA) is 109 Å². The van der Waals surface area contributed by atoms with Gasteiger partial charge in [-0.25, -0.2) is 9.98 Å². The van der Waals surface area contributed by atoms with E-state index in [4.69, 9.17) is 34.4 Å². The van der Waals surface area contributed by atoms with Crippen LogP contribution in [0, 0.1) is 0 Å². The number of hydrogen-bond donors (Lipinski definition) is 2. The highest BCUT2D eigenvalue weighted by Gasteiger charge is 2.26. The summed E-state index contributed by atoms with van der Waals surface area (Å²) in [6.45, 7) is 0.906. The van der Waals surface area contributed by atoms with E-state index in [2.05, 4.69) is 10.3 Å². The second-order valence-electron chi connectivity index (χ2n) is 8.38. The number of ether oxygens (including phenoxy) is 5. The summed E-state index contributed by atoms with van der Waals surface area (Å²) in [5, 5.41) is 3.83. The van der Waals surface area contributed by atoms with Crippen LogP contribution < -0.4 is 30.0 Å². The van der Waals surface area contributed by atoms with Gasteiger partial charge in [0.15, 0.2) is 16.6 Å². The van der Waals surface area contributed by atoms with E-state index >= 15 is 0 Å². The first-order chi connectivity index (χ1) is 18.6. The zero-order chi connectivity index (χ0) is 26.5. The quantitative estimate of drug-likeness (QED) is 0.272. The van der Waals surface area contributed by atoms with Crippen molar-refractivity contribution in [2.75, 3.05) is 39.0 Å². The summed E-state index contributed by atoms with van der Waals surface area (Å²) in [6, 6.07) is 21.4. The van der Waals surface area contributed by atoms with Gasteiger partial charge in [0.2, 0.25) is 11.6 Å². The number of nitrogens with zero attached hydrogens (tertiary/aromatic N) is 2. The van der Waals surface area contributed by atoms with E-state index in [1.807, 2.05) is 54.6 Å². The maximum atomic E-state index is 6.24. The van der Waals surface area contributed by atoms with Crippen molar-refractivity contribution in [3.8, 4) is 23.0 Å².